The van der Waals surface area contributed by atoms with E-state index in [1.807, 2.05) is 12.1 Å². The average Bonchev–Trinajstić information content (AvgIpc) is 2.80. The first-order chi connectivity index (χ1) is 8.79. The molecule has 102 valence electrons. The zero-order valence-electron chi connectivity index (χ0n) is 11.1. The molecule has 19 heavy (non-hydrogen) atoms. The van der Waals surface area contributed by atoms with E-state index in [0.717, 1.165) is 4.88 Å². The second-order valence-corrected chi connectivity index (χ2v) is 7.04. The fourth-order valence-electron chi connectivity index (χ4n) is 1.78. The summed E-state index contributed by atoms with van der Waals surface area (Å²) in [6.45, 7) is 6.35. The Morgan fingerprint density at radius 1 is 1.21 bits per heavy atom. The highest BCUT2D eigenvalue weighted by atomic mass is 35.5. The minimum absolute atomic E-state index is 0.0361. The van der Waals surface area contributed by atoms with Crippen molar-refractivity contribution < 1.29 is 9.50 Å². The van der Waals surface area contributed by atoms with Gasteiger partial charge in [0.05, 0.1) is 0 Å². The van der Waals surface area contributed by atoms with Gasteiger partial charge in [-0.1, -0.05) is 32.4 Å². The van der Waals surface area contributed by atoms with Crippen molar-refractivity contribution in [2.24, 2.45) is 0 Å². The molecule has 0 aliphatic carbocycles. The fourth-order valence-corrected chi connectivity index (χ4v) is 3.07. The molecule has 0 saturated carbocycles. The molecular formula is C15H16ClFOS. The Morgan fingerprint density at radius 3 is 2.47 bits per heavy atom. The van der Waals surface area contributed by atoms with Crippen LogP contribution in [0.4, 0.5) is 4.39 Å². The first-order valence-electron chi connectivity index (χ1n) is 6.02. The van der Waals surface area contributed by atoms with Gasteiger partial charge in [-0.3, -0.25) is 0 Å². The van der Waals surface area contributed by atoms with Crippen LogP contribution < -0.4 is 0 Å². The second-order valence-electron chi connectivity index (χ2n) is 5.52. The molecule has 1 aromatic heterocycles. The highest BCUT2D eigenvalue weighted by Gasteiger charge is 2.21. The van der Waals surface area contributed by atoms with E-state index in [1.54, 1.807) is 0 Å². The molecule has 0 amide bonds. The summed E-state index contributed by atoms with van der Waals surface area (Å²) in [5.74, 6) is -0.397. The summed E-state index contributed by atoms with van der Waals surface area (Å²) >= 11 is 7.54. The zero-order valence-corrected chi connectivity index (χ0v) is 12.6. The van der Waals surface area contributed by atoms with Crippen LogP contribution in [0, 0.1) is 5.82 Å². The van der Waals surface area contributed by atoms with Crippen molar-refractivity contribution in [2.75, 3.05) is 0 Å². The van der Waals surface area contributed by atoms with Gasteiger partial charge in [-0.25, -0.2) is 4.39 Å². The number of hydrogen-bond donors (Lipinski definition) is 1. The van der Waals surface area contributed by atoms with Gasteiger partial charge in [0, 0.05) is 20.3 Å². The van der Waals surface area contributed by atoms with Crippen molar-refractivity contribution in [2.45, 2.75) is 32.3 Å². The Hall–Kier alpha value is -0.900. The number of aliphatic hydroxyl groups excluding tert-OH is 1. The topological polar surface area (TPSA) is 20.2 Å². The Balaban J connectivity index is 2.36. The minimum atomic E-state index is -0.885. The smallest absolute Gasteiger partial charge is 0.123 e. The van der Waals surface area contributed by atoms with Crippen LogP contribution in [0.15, 0.2) is 30.3 Å². The molecular weight excluding hydrogens is 283 g/mol. The van der Waals surface area contributed by atoms with Crippen LogP contribution in [-0.2, 0) is 5.41 Å². The molecule has 2 aromatic rings. The fraction of sp³-hybridized carbons (Fsp3) is 0.333. The predicted octanol–water partition coefficient (Wildman–Crippen LogP) is 4.92. The lowest BCUT2D eigenvalue weighted by Gasteiger charge is -2.16. The third kappa shape index (κ3) is 3.16. The molecule has 1 unspecified atom stereocenters. The van der Waals surface area contributed by atoms with E-state index in [9.17, 15) is 9.50 Å². The van der Waals surface area contributed by atoms with Crippen LogP contribution >= 0.6 is 22.9 Å². The van der Waals surface area contributed by atoms with E-state index in [2.05, 4.69) is 20.8 Å². The van der Waals surface area contributed by atoms with Crippen LogP contribution in [0.25, 0.3) is 0 Å². The summed E-state index contributed by atoms with van der Waals surface area (Å²) in [7, 11) is 0. The first kappa shape index (κ1) is 14.5. The zero-order chi connectivity index (χ0) is 14.2. The van der Waals surface area contributed by atoms with Gasteiger partial charge >= 0.3 is 0 Å². The van der Waals surface area contributed by atoms with Crippen molar-refractivity contribution >= 4 is 22.9 Å². The van der Waals surface area contributed by atoms with Gasteiger partial charge in [-0.05, 0) is 35.7 Å². The van der Waals surface area contributed by atoms with Crippen LogP contribution in [0.1, 0.15) is 42.2 Å². The summed E-state index contributed by atoms with van der Waals surface area (Å²) in [5.41, 5.74) is 0.443. The van der Waals surface area contributed by atoms with Gasteiger partial charge in [-0.2, -0.15) is 0 Å². The molecule has 1 atom stereocenters. The lowest BCUT2D eigenvalue weighted by molar-refractivity contribution is 0.224. The van der Waals surface area contributed by atoms with Gasteiger partial charge in [0.2, 0.25) is 0 Å². The number of halogens is 2. The van der Waals surface area contributed by atoms with E-state index in [4.69, 9.17) is 11.6 Å². The molecule has 0 saturated heterocycles. The second kappa shape index (κ2) is 5.23. The summed E-state index contributed by atoms with van der Waals surface area (Å²) in [4.78, 5) is 1.95. The van der Waals surface area contributed by atoms with E-state index < -0.39 is 11.9 Å². The largest absolute Gasteiger partial charge is 0.383 e. The molecule has 4 heteroatoms. The lowest BCUT2D eigenvalue weighted by atomic mass is 9.95. The van der Waals surface area contributed by atoms with Crippen molar-refractivity contribution in [3.8, 4) is 0 Å². The molecule has 0 bridgehead atoms. The van der Waals surface area contributed by atoms with Crippen LogP contribution in [0.3, 0.4) is 0 Å². The van der Waals surface area contributed by atoms with E-state index in [-0.39, 0.29) is 5.41 Å². The quantitative estimate of drug-likeness (QED) is 0.834. The van der Waals surface area contributed by atoms with E-state index in [1.165, 1.54) is 34.4 Å². The summed E-state index contributed by atoms with van der Waals surface area (Å²) in [5, 5.41) is 10.7. The van der Waals surface area contributed by atoms with E-state index in [0.29, 0.717) is 10.6 Å². The van der Waals surface area contributed by atoms with Gasteiger partial charge < -0.3 is 5.11 Å². The molecule has 0 aliphatic rings. The van der Waals surface area contributed by atoms with Gasteiger partial charge in [0.15, 0.2) is 0 Å². The third-order valence-corrected chi connectivity index (χ3v) is 4.80. The third-order valence-electron chi connectivity index (χ3n) is 2.89. The first-order valence-corrected chi connectivity index (χ1v) is 7.21. The highest BCUT2D eigenvalue weighted by Crippen LogP contribution is 2.36. The summed E-state index contributed by atoms with van der Waals surface area (Å²) in [6, 6.07) is 7.90. The molecule has 0 spiro atoms. The maximum atomic E-state index is 13.3. The molecule has 0 fully saturated rings. The molecule has 2 rings (SSSR count). The monoisotopic (exact) mass is 298 g/mol. The number of aliphatic hydroxyl groups is 1. The Bertz CT molecular complexity index is 586. The van der Waals surface area contributed by atoms with Gasteiger partial charge in [0.25, 0.3) is 0 Å². The van der Waals surface area contributed by atoms with Crippen LogP contribution in [-0.4, -0.2) is 5.11 Å². The lowest BCUT2D eigenvalue weighted by Crippen LogP contribution is -2.07. The summed E-state index contributed by atoms with van der Waals surface area (Å²) < 4.78 is 13.3. The normalized spacial score (nSPS) is 13.6. The van der Waals surface area contributed by atoms with E-state index >= 15 is 0 Å². The maximum absolute atomic E-state index is 13.3. The van der Waals surface area contributed by atoms with Crippen molar-refractivity contribution in [1.82, 2.24) is 0 Å². The Labute approximate surface area is 121 Å². The highest BCUT2D eigenvalue weighted by molar-refractivity contribution is 7.12. The minimum Gasteiger partial charge on any atom is -0.383 e. The number of rotatable bonds is 2. The maximum Gasteiger partial charge on any atom is 0.123 e. The van der Waals surface area contributed by atoms with Crippen LogP contribution in [0.2, 0.25) is 5.02 Å². The Kier molecular flexibility index (Phi) is 4.00. The molecule has 1 aromatic carbocycles. The Morgan fingerprint density at radius 2 is 1.89 bits per heavy atom. The number of hydrogen-bond acceptors (Lipinski definition) is 2. The van der Waals surface area contributed by atoms with Crippen molar-refractivity contribution in [3.05, 3.63) is 56.5 Å². The average molecular weight is 299 g/mol. The van der Waals surface area contributed by atoms with Gasteiger partial charge in [0.1, 0.15) is 11.9 Å². The van der Waals surface area contributed by atoms with Crippen molar-refractivity contribution in [3.63, 3.8) is 0 Å². The molecule has 1 nitrogen and oxygen atoms in total. The molecule has 1 N–H and O–H groups in total. The molecule has 0 radical (unpaired) electrons. The SMILES string of the molecule is CC(C)(C)c1ccc(C(O)c2cc(F)ccc2Cl)s1. The standard InChI is InChI=1S/C15H16ClFOS/c1-15(2,3)13-7-6-12(19-13)14(18)10-8-9(17)4-5-11(10)16/h4-8,14,18H,1-3H3. The number of benzene rings is 1. The molecule has 1 heterocycles. The molecule has 0 aliphatic heterocycles. The van der Waals surface area contributed by atoms with Crippen LogP contribution in [0.5, 0.6) is 0 Å². The van der Waals surface area contributed by atoms with Crippen molar-refractivity contribution in [1.29, 1.82) is 0 Å². The van der Waals surface area contributed by atoms with Gasteiger partial charge in [-0.15, -0.1) is 11.3 Å². The predicted molar refractivity (Wildman–Crippen MR) is 78.5 cm³/mol. The summed E-state index contributed by atoms with van der Waals surface area (Å²) in [6.07, 6.45) is -0.885. The number of thiophene rings is 1.